The second-order valence-electron chi connectivity index (χ2n) is 1.71. The van der Waals surface area contributed by atoms with Crippen LogP contribution in [0.1, 0.15) is 0 Å². The van der Waals surface area contributed by atoms with Crippen molar-refractivity contribution >= 4 is 21.9 Å². The molecule has 0 saturated carbocycles. The van der Waals surface area contributed by atoms with Crippen molar-refractivity contribution < 1.29 is 18.3 Å². The Balaban J connectivity index is 3.09. The summed E-state index contributed by atoms with van der Waals surface area (Å²) in [5.74, 6) is -1.37. The molecule has 0 radical (unpaired) electrons. The molecule has 2 N–H and O–H groups in total. The number of nitrogens with one attached hydrogen (secondary N) is 1. The van der Waals surface area contributed by atoms with Crippen LogP contribution in [0.25, 0.3) is 0 Å². The van der Waals surface area contributed by atoms with Gasteiger partial charge in [0.15, 0.2) is 5.71 Å². The van der Waals surface area contributed by atoms with Gasteiger partial charge in [0.25, 0.3) is 0 Å². The predicted octanol–water partition coefficient (Wildman–Crippen LogP) is -1.13. The molecule has 0 aliphatic carbocycles. The van der Waals surface area contributed by atoms with E-state index in [-0.39, 0.29) is 0 Å². The maximum atomic E-state index is 10.6. The summed E-state index contributed by atoms with van der Waals surface area (Å²) < 4.78 is 25.9. The molecule has 0 aromatic heterocycles. The first kappa shape index (κ1) is 7.73. The first-order valence-corrected chi connectivity index (χ1v) is 3.97. The minimum Gasteiger partial charge on any atom is -0.476 e. The second kappa shape index (κ2) is 2.35. The van der Waals surface area contributed by atoms with E-state index in [0.29, 0.717) is 0 Å². The summed E-state index contributed by atoms with van der Waals surface area (Å²) in [6.45, 7) is 0. The van der Waals surface area contributed by atoms with Gasteiger partial charge in [-0.15, -0.1) is 4.40 Å². The third-order valence-corrected chi connectivity index (χ3v) is 1.77. The normalized spacial score (nSPS) is 20.2. The highest BCUT2D eigenvalue weighted by Gasteiger charge is 2.15. The fraction of sp³-hybridized carbons (Fsp3) is 0. The predicted molar refractivity (Wildman–Crippen MR) is 36.3 cm³/mol. The van der Waals surface area contributed by atoms with E-state index in [1.54, 1.807) is 0 Å². The van der Waals surface area contributed by atoms with Crippen molar-refractivity contribution in [1.29, 1.82) is 0 Å². The van der Waals surface area contributed by atoms with Crippen LogP contribution in [-0.2, 0) is 15.0 Å². The zero-order chi connectivity index (χ0) is 8.48. The molecule has 1 heterocycles. The Bertz CT molecular complexity index is 339. The highest BCUT2D eigenvalue weighted by Crippen LogP contribution is 1.96. The van der Waals surface area contributed by atoms with Crippen LogP contribution in [0.2, 0.25) is 0 Å². The molecule has 0 atom stereocenters. The number of hydrogen-bond acceptors (Lipinski definition) is 3. The van der Waals surface area contributed by atoms with Crippen molar-refractivity contribution in [2.45, 2.75) is 0 Å². The average Bonchev–Trinajstić information content (AvgIpc) is 1.85. The Morgan fingerprint density at radius 1 is 1.64 bits per heavy atom. The summed E-state index contributed by atoms with van der Waals surface area (Å²) in [5, 5.41) is 8.30. The molecule has 1 aliphatic heterocycles. The number of aliphatic carboxylic acids is 1. The fourth-order valence-electron chi connectivity index (χ4n) is 0.496. The smallest absolute Gasteiger partial charge is 0.355 e. The standard InChI is InChI=1S/C4H4N2O4S/c7-4(8)3-1-2-5-11(9,10)6-3/h1-2,5H,(H,7,8). The number of carboxylic acids is 1. The van der Waals surface area contributed by atoms with Crippen LogP contribution in [-0.4, -0.2) is 25.2 Å². The van der Waals surface area contributed by atoms with E-state index >= 15 is 0 Å². The first-order chi connectivity index (χ1) is 5.01. The van der Waals surface area contributed by atoms with E-state index in [2.05, 4.69) is 4.40 Å². The SMILES string of the molecule is O=C(O)C1=NS(=O)(=O)NC=C1. The van der Waals surface area contributed by atoms with E-state index in [1.807, 2.05) is 4.72 Å². The van der Waals surface area contributed by atoms with Gasteiger partial charge in [0.1, 0.15) is 0 Å². The summed E-state index contributed by atoms with van der Waals surface area (Å²) in [6.07, 6.45) is 2.06. The van der Waals surface area contributed by atoms with Crippen LogP contribution in [0.5, 0.6) is 0 Å². The Morgan fingerprint density at radius 3 is 2.64 bits per heavy atom. The maximum Gasteiger partial charge on any atom is 0.355 e. The Kier molecular flexibility index (Phi) is 1.65. The highest BCUT2D eigenvalue weighted by atomic mass is 32.2. The van der Waals surface area contributed by atoms with Gasteiger partial charge in [0.05, 0.1) is 0 Å². The van der Waals surface area contributed by atoms with Crippen molar-refractivity contribution in [3.63, 3.8) is 0 Å². The third-order valence-electron chi connectivity index (χ3n) is 0.896. The van der Waals surface area contributed by atoms with Crippen molar-refractivity contribution in [2.75, 3.05) is 0 Å². The molecular weight excluding hydrogens is 172 g/mol. The van der Waals surface area contributed by atoms with E-state index in [1.165, 1.54) is 0 Å². The lowest BCUT2D eigenvalue weighted by Gasteiger charge is -2.02. The Morgan fingerprint density at radius 2 is 2.27 bits per heavy atom. The Hall–Kier alpha value is -1.37. The van der Waals surface area contributed by atoms with Gasteiger partial charge in [0, 0.05) is 6.20 Å². The largest absolute Gasteiger partial charge is 0.476 e. The van der Waals surface area contributed by atoms with Gasteiger partial charge in [0.2, 0.25) is 0 Å². The highest BCUT2D eigenvalue weighted by molar-refractivity contribution is 7.88. The van der Waals surface area contributed by atoms with Crippen LogP contribution in [0.15, 0.2) is 16.7 Å². The summed E-state index contributed by atoms with van der Waals surface area (Å²) in [4.78, 5) is 10.2. The van der Waals surface area contributed by atoms with Crippen LogP contribution < -0.4 is 4.72 Å². The van der Waals surface area contributed by atoms with Gasteiger partial charge in [-0.3, -0.25) is 4.72 Å². The van der Waals surface area contributed by atoms with Crippen molar-refractivity contribution in [2.24, 2.45) is 4.40 Å². The lowest BCUT2D eigenvalue weighted by molar-refractivity contribution is -0.129. The number of nitrogens with zero attached hydrogens (tertiary/aromatic N) is 1. The van der Waals surface area contributed by atoms with Gasteiger partial charge < -0.3 is 5.11 Å². The summed E-state index contributed by atoms with van der Waals surface area (Å²) in [6, 6.07) is 0. The molecule has 0 unspecified atom stereocenters. The molecule has 1 aliphatic rings. The third kappa shape index (κ3) is 1.77. The van der Waals surface area contributed by atoms with E-state index in [4.69, 9.17) is 5.11 Å². The summed E-state index contributed by atoms with van der Waals surface area (Å²) >= 11 is 0. The van der Waals surface area contributed by atoms with Gasteiger partial charge >= 0.3 is 16.2 Å². The molecular formula is C4H4N2O4S. The first-order valence-electron chi connectivity index (χ1n) is 2.53. The lowest BCUT2D eigenvalue weighted by Crippen LogP contribution is -2.24. The topological polar surface area (TPSA) is 95.8 Å². The number of hydrogen-bond donors (Lipinski definition) is 2. The monoisotopic (exact) mass is 176 g/mol. The molecule has 1 rings (SSSR count). The van der Waals surface area contributed by atoms with Gasteiger partial charge in [-0.25, -0.2) is 4.79 Å². The quantitative estimate of drug-likeness (QED) is 0.528. The van der Waals surface area contributed by atoms with Gasteiger partial charge in [-0.05, 0) is 6.08 Å². The lowest BCUT2D eigenvalue weighted by atomic mass is 10.4. The number of carboxylic acid groups (broad SMARTS) is 1. The van der Waals surface area contributed by atoms with Gasteiger partial charge in [-0.1, -0.05) is 0 Å². The molecule has 0 fully saturated rings. The maximum absolute atomic E-state index is 10.6. The van der Waals surface area contributed by atoms with Gasteiger partial charge in [-0.2, -0.15) is 8.42 Å². The zero-order valence-electron chi connectivity index (χ0n) is 5.18. The molecule has 0 saturated heterocycles. The van der Waals surface area contributed by atoms with Crippen molar-refractivity contribution in [3.8, 4) is 0 Å². The van der Waals surface area contributed by atoms with Crippen LogP contribution >= 0.6 is 0 Å². The summed E-state index contributed by atoms with van der Waals surface area (Å²) in [7, 11) is -3.81. The molecule has 11 heavy (non-hydrogen) atoms. The molecule has 0 spiro atoms. The van der Waals surface area contributed by atoms with Crippen LogP contribution in [0.3, 0.4) is 0 Å². The molecule has 7 heteroatoms. The minimum atomic E-state index is -3.81. The van der Waals surface area contributed by atoms with E-state index < -0.39 is 21.9 Å². The molecule has 60 valence electrons. The summed E-state index contributed by atoms with van der Waals surface area (Å²) in [5.41, 5.74) is -0.497. The van der Waals surface area contributed by atoms with Crippen LogP contribution in [0.4, 0.5) is 0 Å². The molecule has 0 aromatic rings. The second-order valence-corrected chi connectivity index (χ2v) is 3.08. The molecule has 6 nitrogen and oxygen atoms in total. The van der Waals surface area contributed by atoms with Crippen LogP contribution in [0, 0.1) is 0 Å². The van der Waals surface area contributed by atoms with E-state index in [0.717, 1.165) is 12.3 Å². The minimum absolute atomic E-state index is 0.497. The zero-order valence-corrected chi connectivity index (χ0v) is 6.00. The average molecular weight is 176 g/mol. The van der Waals surface area contributed by atoms with E-state index in [9.17, 15) is 13.2 Å². The number of rotatable bonds is 1. The molecule has 0 amide bonds. The fourth-order valence-corrected chi connectivity index (χ4v) is 1.19. The molecule has 0 aromatic carbocycles. The number of carbonyl (C=O) groups is 1. The van der Waals surface area contributed by atoms with Crippen molar-refractivity contribution in [3.05, 3.63) is 12.3 Å². The Labute approximate surface area is 62.4 Å². The van der Waals surface area contributed by atoms with Crippen molar-refractivity contribution in [1.82, 2.24) is 4.72 Å². The molecule has 0 bridgehead atoms.